The van der Waals surface area contributed by atoms with Crippen LogP contribution in [0, 0.1) is 5.82 Å². The summed E-state index contributed by atoms with van der Waals surface area (Å²) < 4.78 is 19.2. The van der Waals surface area contributed by atoms with Crippen molar-refractivity contribution < 1.29 is 13.9 Å². The molecule has 5 nitrogen and oxygen atoms in total. The van der Waals surface area contributed by atoms with Gasteiger partial charge in [0.2, 0.25) is 5.91 Å². The highest BCUT2D eigenvalue weighted by Crippen LogP contribution is 2.27. The summed E-state index contributed by atoms with van der Waals surface area (Å²) in [5, 5.41) is 6.42. The molecular weight excluding hydrogens is 341 g/mol. The molecule has 7 heteroatoms. The zero-order valence-electron chi connectivity index (χ0n) is 13.7. The zero-order valence-corrected chi connectivity index (χ0v) is 14.5. The first-order chi connectivity index (χ1) is 12.1. The predicted molar refractivity (Wildman–Crippen MR) is 101 cm³/mol. The average Bonchev–Trinajstić information content (AvgIpc) is 3.03. The second kappa shape index (κ2) is 7.48. The molecule has 25 heavy (non-hydrogen) atoms. The van der Waals surface area contributed by atoms with Crippen LogP contribution in [0.15, 0.2) is 42.5 Å². The molecule has 1 saturated heterocycles. The van der Waals surface area contributed by atoms with E-state index in [2.05, 4.69) is 10.6 Å². The molecule has 2 aromatic rings. The van der Waals surface area contributed by atoms with Crippen LogP contribution in [-0.2, 0) is 4.79 Å². The van der Waals surface area contributed by atoms with Crippen molar-refractivity contribution in [2.24, 2.45) is 0 Å². The van der Waals surface area contributed by atoms with Crippen molar-refractivity contribution in [3.8, 4) is 5.75 Å². The number of methoxy groups -OCH3 is 1. The number of anilines is 3. The molecule has 1 heterocycles. The number of halogens is 1. The van der Waals surface area contributed by atoms with E-state index in [1.54, 1.807) is 19.2 Å². The van der Waals surface area contributed by atoms with Crippen LogP contribution in [0.25, 0.3) is 0 Å². The topological polar surface area (TPSA) is 53.6 Å². The van der Waals surface area contributed by atoms with Crippen molar-refractivity contribution >= 4 is 40.3 Å². The number of thiocarbonyl (C=S) groups is 1. The van der Waals surface area contributed by atoms with Crippen LogP contribution in [0.1, 0.15) is 12.8 Å². The maximum atomic E-state index is 14.1. The summed E-state index contributed by atoms with van der Waals surface area (Å²) in [7, 11) is 1.60. The molecule has 3 rings (SSSR count). The van der Waals surface area contributed by atoms with Crippen molar-refractivity contribution in [2.45, 2.75) is 12.8 Å². The van der Waals surface area contributed by atoms with Gasteiger partial charge in [-0.05, 0) is 61.1 Å². The van der Waals surface area contributed by atoms with E-state index >= 15 is 0 Å². The lowest BCUT2D eigenvalue weighted by Gasteiger charge is -2.18. The SMILES string of the molecule is COc1ccc(NC(=S)Nc2ccc(F)c(N3CCCC3=O)c2)cc1. The summed E-state index contributed by atoms with van der Waals surface area (Å²) in [5.41, 5.74) is 1.69. The third kappa shape index (κ3) is 4.06. The number of nitrogens with zero attached hydrogens (tertiary/aromatic N) is 1. The second-order valence-corrected chi connectivity index (χ2v) is 6.03. The molecule has 0 atom stereocenters. The van der Waals surface area contributed by atoms with Crippen LogP contribution in [-0.4, -0.2) is 24.7 Å². The Morgan fingerprint density at radius 2 is 1.84 bits per heavy atom. The lowest BCUT2D eigenvalue weighted by Crippen LogP contribution is -2.25. The molecule has 0 saturated carbocycles. The van der Waals surface area contributed by atoms with E-state index in [0.717, 1.165) is 17.9 Å². The molecule has 1 fully saturated rings. The van der Waals surface area contributed by atoms with Crippen LogP contribution in [0.5, 0.6) is 5.75 Å². The maximum Gasteiger partial charge on any atom is 0.227 e. The largest absolute Gasteiger partial charge is 0.497 e. The Labute approximate surface area is 150 Å². The first-order valence-electron chi connectivity index (χ1n) is 7.89. The number of hydrogen-bond donors (Lipinski definition) is 2. The van der Waals surface area contributed by atoms with Gasteiger partial charge in [0.15, 0.2) is 5.11 Å². The molecule has 0 radical (unpaired) electrons. The standard InChI is InChI=1S/C18H18FN3O2S/c1-24-14-7-4-12(5-8-14)20-18(25)21-13-6-9-15(19)16(11-13)22-10-2-3-17(22)23/h4-9,11H,2-3,10H2,1H3,(H2,20,21,25). The first kappa shape index (κ1) is 17.2. The maximum absolute atomic E-state index is 14.1. The highest BCUT2D eigenvalue weighted by Gasteiger charge is 2.24. The molecule has 1 amide bonds. The molecule has 0 aliphatic carbocycles. The van der Waals surface area contributed by atoms with E-state index in [-0.39, 0.29) is 11.6 Å². The Balaban J connectivity index is 1.69. The minimum absolute atomic E-state index is 0.0602. The smallest absolute Gasteiger partial charge is 0.227 e. The number of amides is 1. The van der Waals surface area contributed by atoms with Crippen LogP contribution in [0.3, 0.4) is 0 Å². The molecule has 1 aliphatic rings. The molecule has 0 aromatic heterocycles. The van der Waals surface area contributed by atoms with Gasteiger partial charge in [0.1, 0.15) is 11.6 Å². The van der Waals surface area contributed by atoms with Gasteiger partial charge in [-0.3, -0.25) is 4.79 Å². The average molecular weight is 359 g/mol. The number of carbonyl (C=O) groups is 1. The summed E-state index contributed by atoms with van der Waals surface area (Å²) in [6.07, 6.45) is 1.20. The van der Waals surface area contributed by atoms with Crippen molar-refractivity contribution in [1.29, 1.82) is 0 Å². The molecule has 2 aromatic carbocycles. The van der Waals surface area contributed by atoms with Crippen LogP contribution in [0.4, 0.5) is 21.5 Å². The molecule has 2 N–H and O–H groups in total. The number of nitrogens with one attached hydrogen (secondary N) is 2. The summed E-state index contributed by atoms with van der Waals surface area (Å²) in [4.78, 5) is 13.3. The molecule has 0 unspecified atom stereocenters. The summed E-state index contributed by atoms with van der Waals surface area (Å²) in [6, 6.07) is 11.8. The number of benzene rings is 2. The highest BCUT2D eigenvalue weighted by molar-refractivity contribution is 7.80. The number of hydrogen-bond acceptors (Lipinski definition) is 3. The Bertz CT molecular complexity index is 795. The molecular formula is C18H18FN3O2S. The van der Waals surface area contributed by atoms with E-state index in [0.29, 0.717) is 23.8 Å². The lowest BCUT2D eigenvalue weighted by atomic mass is 10.2. The normalized spacial score (nSPS) is 13.7. The monoisotopic (exact) mass is 359 g/mol. The van der Waals surface area contributed by atoms with Gasteiger partial charge in [-0.25, -0.2) is 4.39 Å². The highest BCUT2D eigenvalue weighted by atomic mass is 32.1. The second-order valence-electron chi connectivity index (χ2n) is 5.62. The first-order valence-corrected chi connectivity index (χ1v) is 8.29. The number of rotatable bonds is 4. The minimum atomic E-state index is -0.421. The van der Waals surface area contributed by atoms with Crippen molar-refractivity contribution in [3.63, 3.8) is 0 Å². The third-order valence-corrected chi connectivity index (χ3v) is 4.12. The molecule has 130 valence electrons. The Morgan fingerprint density at radius 1 is 1.16 bits per heavy atom. The minimum Gasteiger partial charge on any atom is -0.497 e. The predicted octanol–water partition coefficient (Wildman–Crippen LogP) is 3.77. The fourth-order valence-electron chi connectivity index (χ4n) is 2.67. The van der Waals surface area contributed by atoms with E-state index < -0.39 is 5.82 Å². The Morgan fingerprint density at radius 3 is 2.48 bits per heavy atom. The lowest BCUT2D eigenvalue weighted by molar-refractivity contribution is -0.117. The summed E-state index contributed by atoms with van der Waals surface area (Å²) >= 11 is 5.29. The van der Waals surface area contributed by atoms with Crippen LogP contribution < -0.4 is 20.3 Å². The van der Waals surface area contributed by atoms with Gasteiger partial charge in [0.05, 0.1) is 12.8 Å². The van der Waals surface area contributed by atoms with Gasteiger partial charge in [-0.1, -0.05) is 0 Å². The molecule has 1 aliphatic heterocycles. The quantitative estimate of drug-likeness (QED) is 0.814. The van der Waals surface area contributed by atoms with E-state index in [4.69, 9.17) is 17.0 Å². The van der Waals surface area contributed by atoms with Gasteiger partial charge in [-0.2, -0.15) is 0 Å². The van der Waals surface area contributed by atoms with Gasteiger partial charge >= 0.3 is 0 Å². The van der Waals surface area contributed by atoms with E-state index in [1.165, 1.54) is 11.0 Å². The zero-order chi connectivity index (χ0) is 17.8. The van der Waals surface area contributed by atoms with E-state index in [9.17, 15) is 9.18 Å². The van der Waals surface area contributed by atoms with Crippen molar-refractivity contribution in [1.82, 2.24) is 0 Å². The fraction of sp³-hybridized carbons (Fsp3) is 0.222. The number of ether oxygens (including phenoxy) is 1. The van der Waals surface area contributed by atoms with E-state index in [1.807, 2.05) is 24.3 Å². The van der Waals surface area contributed by atoms with Gasteiger partial charge in [0.25, 0.3) is 0 Å². The molecule has 0 spiro atoms. The van der Waals surface area contributed by atoms with Crippen molar-refractivity contribution in [3.05, 3.63) is 48.3 Å². The Hall–Kier alpha value is -2.67. The molecule has 0 bridgehead atoms. The van der Waals surface area contributed by atoms with Crippen LogP contribution in [0.2, 0.25) is 0 Å². The number of carbonyl (C=O) groups excluding carboxylic acids is 1. The van der Waals surface area contributed by atoms with Gasteiger partial charge < -0.3 is 20.3 Å². The Kier molecular flexibility index (Phi) is 5.14. The van der Waals surface area contributed by atoms with Crippen LogP contribution >= 0.6 is 12.2 Å². The van der Waals surface area contributed by atoms with Gasteiger partial charge in [0, 0.05) is 24.3 Å². The summed E-state index contributed by atoms with van der Waals surface area (Å²) in [5.74, 6) is 0.271. The van der Waals surface area contributed by atoms with Gasteiger partial charge in [-0.15, -0.1) is 0 Å². The summed E-state index contributed by atoms with van der Waals surface area (Å²) in [6.45, 7) is 0.535. The van der Waals surface area contributed by atoms with Crippen molar-refractivity contribution in [2.75, 3.05) is 29.2 Å². The fourth-order valence-corrected chi connectivity index (χ4v) is 2.90. The third-order valence-electron chi connectivity index (χ3n) is 3.92.